The van der Waals surface area contributed by atoms with Crippen molar-refractivity contribution < 1.29 is 19.4 Å². The van der Waals surface area contributed by atoms with Crippen molar-refractivity contribution in [2.45, 2.75) is 20.3 Å². The van der Waals surface area contributed by atoms with Crippen molar-refractivity contribution in [3.8, 4) is 11.5 Å². The Balaban J connectivity index is 2.96. The molecule has 1 N–H and O–H groups in total. The SMILES string of the molecule is CCCN(CCO)C(=O)c1ccc(OCC)c(OC)c1. The molecule has 1 amide bonds. The maximum absolute atomic E-state index is 12.4. The van der Waals surface area contributed by atoms with Crippen LogP contribution in [-0.2, 0) is 0 Å². The van der Waals surface area contributed by atoms with E-state index in [9.17, 15) is 4.79 Å². The molecule has 0 bridgehead atoms. The molecule has 1 aromatic rings. The minimum atomic E-state index is -0.109. The van der Waals surface area contributed by atoms with E-state index in [1.54, 1.807) is 30.2 Å². The third-order valence-electron chi connectivity index (χ3n) is 2.86. The Morgan fingerprint density at radius 1 is 1.25 bits per heavy atom. The van der Waals surface area contributed by atoms with Crippen LogP contribution < -0.4 is 9.47 Å². The lowest BCUT2D eigenvalue weighted by Gasteiger charge is -2.21. The second-order valence-electron chi connectivity index (χ2n) is 4.31. The first-order valence-electron chi connectivity index (χ1n) is 6.88. The average Bonchev–Trinajstić information content (AvgIpc) is 2.47. The first kappa shape index (κ1) is 16.3. The maximum atomic E-state index is 12.4. The number of carbonyl (C=O) groups excluding carboxylic acids is 1. The summed E-state index contributed by atoms with van der Waals surface area (Å²) in [6, 6.07) is 5.13. The van der Waals surface area contributed by atoms with Gasteiger partial charge in [-0.15, -0.1) is 0 Å². The van der Waals surface area contributed by atoms with Gasteiger partial charge in [0.2, 0.25) is 0 Å². The van der Waals surface area contributed by atoms with Gasteiger partial charge in [0, 0.05) is 18.7 Å². The molecule has 1 aromatic carbocycles. The molecule has 20 heavy (non-hydrogen) atoms. The second-order valence-corrected chi connectivity index (χ2v) is 4.31. The highest BCUT2D eigenvalue weighted by Crippen LogP contribution is 2.28. The maximum Gasteiger partial charge on any atom is 0.254 e. The third-order valence-corrected chi connectivity index (χ3v) is 2.86. The fourth-order valence-electron chi connectivity index (χ4n) is 1.96. The van der Waals surface area contributed by atoms with Gasteiger partial charge >= 0.3 is 0 Å². The number of aliphatic hydroxyl groups excluding tert-OH is 1. The number of methoxy groups -OCH3 is 1. The Morgan fingerprint density at radius 3 is 2.55 bits per heavy atom. The molecule has 0 aliphatic rings. The number of ether oxygens (including phenoxy) is 2. The van der Waals surface area contributed by atoms with Gasteiger partial charge in [0.25, 0.3) is 5.91 Å². The number of aliphatic hydroxyl groups is 1. The van der Waals surface area contributed by atoms with Crippen LogP contribution in [0.1, 0.15) is 30.6 Å². The first-order valence-corrected chi connectivity index (χ1v) is 6.88. The van der Waals surface area contributed by atoms with E-state index in [-0.39, 0.29) is 12.5 Å². The molecule has 0 fully saturated rings. The van der Waals surface area contributed by atoms with Crippen molar-refractivity contribution in [2.75, 3.05) is 33.4 Å². The van der Waals surface area contributed by atoms with E-state index in [0.717, 1.165) is 6.42 Å². The Hall–Kier alpha value is -1.75. The minimum absolute atomic E-state index is 0.0418. The van der Waals surface area contributed by atoms with Crippen LogP contribution in [-0.4, -0.2) is 49.3 Å². The summed E-state index contributed by atoms with van der Waals surface area (Å²) >= 11 is 0. The summed E-state index contributed by atoms with van der Waals surface area (Å²) in [4.78, 5) is 14.0. The zero-order chi connectivity index (χ0) is 15.0. The van der Waals surface area contributed by atoms with E-state index in [0.29, 0.717) is 36.8 Å². The molecule has 1 rings (SSSR count). The molecule has 5 nitrogen and oxygen atoms in total. The molecule has 5 heteroatoms. The van der Waals surface area contributed by atoms with Crippen LogP contribution in [0.2, 0.25) is 0 Å². The van der Waals surface area contributed by atoms with Crippen LogP contribution in [0.3, 0.4) is 0 Å². The lowest BCUT2D eigenvalue weighted by atomic mass is 10.1. The molecular weight excluding hydrogens is 258 g/mol. The summed E-state index contributed by atoms with van der Waals surface area (Å²) in [5.41, 5.74) is 0.534. The van der Waals surface area contributed by atoms with Gasteiger partial charge in [-0.1, -0.05) is 6.92 Å². The fraction of sp³-hybridized carbons (Fsp3) is 0.533. The molecule has 0 saturated carbocycles. The topological polar surface area (TPSA) is 59.0 Å². The predicted octanol–water partition coefficient (Wildman–Crippen LogP) is 1.94. The Labute approximate surface area is 120 Å². The number of rotatable bonds is 8. The molecule has 112 valence electrons. The van der Waals surface area contributed by atoms with Gasteiger partial charge in [-0.05, 0) is 31.5 Å². The monoisotopic (exact) mass is 281 g/mol. The summed E-state index contributed by atoms with van der Waals surface area (Å²) in [6.07, 6.45) is 0.847. The third kappa shape index (κ3) is 4.13. The van der Waals surface area contributed by atoms with E-state index < -0.39 is 0 Å². The van der Waals surface area contributed by atoms with Gasteiger partial charge in [-0.3, -0.25) is 4.79 Å². The highest BCUT2D eigenvalue weighted by Gasteiger charge is 2.16. The lowest BCUT2D eigenvalue weighted by molar-refractivity contribution is 0.0721. The van der Waals surface area contributed by atoms with Crippen molar-refractivity contribution in [1.29, 1.82) is 0 Å². The number of nitrogens with zero attached hydrogens (tertiary/aromatic N) is 1. The van der Waals surface area contributed by atoms with Crippen molar-refractivity contribution in [3.63, 3.8) is 0 Å². The van der Waals surface area contributed by atoms with Crippen LogP contribution in [0.15, 0.2) is 18.2 Å². The molecule has 0 aliphatic heterocycles. The molecule has 0 heterocycles. The summed E-state index contributed by atoms with van der Waals surface area (Å²) in [5, 5.41) is 9.04. The van der Waals surface area contributed by atoms with E-state index in [4.69, 9.17) is 14.6 Å². The highest BCUT2D eigenvalue weighted by atomic mass is 16.5. The molecule has 0 unspecified atom stereocenters. The highest BCUT2D eigenvalue weighted by molar-refractivity contribution is 5.95. The number of benzene rings is 1. The van der Waals surface area contributed by atoms with Gasteiger partial charge in [-0.25, -0.2) is 0 Å². The van der Waals surface area contributed by atoms with Crippen molar-refractivity contribution >= 4 is 5.91 Å². The van der Waals surface area contributed by atoms with Gasteiger partial charge in [0.05, 0.1) is 20.3 Å². The van der Waals surface area contributed by atoms with Crippen molar-refractivity contribution in [1.82, 2.24) is 4.90 Å². The van der Waals surface area contributed by atoms with Gasteiger partial charge in [0.1, 0.15) is 0 Å². The molecule has 0 saturated heterocycles. The smallest absolute Gasteiger partial charge is 0.254 e. The van der Waals surface area contributed by atoms with E-state index >= 15 is 0 Å². The minimum Gasteiger partial charge on any atom is -0.493 e. The second kappa shape index (κ2) is 8.43. The Kier molecular flexibility index (Phi) is 6.87. The Bertz CT molecular complexity index is 428. The van der Waals surface area contributed by atoms with Crippen LogP contribution >= 0.6 is 0 Å². The quantitative estimate of drug-likeness (QED) is 0.791. The first-order chi connectivity index (χ1) is 9.67. The number of carbonyl (C=O) groups is 1. The van der Waals surface area contributed by atoms with Crippen LogP contribution in [0.5, 0.6) is 11.5 Å². The normalized spacial score (nSPS) is 10.2. The molecule has 0 aromatic heterocycles. The molecule has 0 radical (unpaired) electrons. The van der Waals surface area contributed by atoms with Crippen LogP contribution in [0.4, 0.5) is 0 Å². The summed E-state index contributed by atoms with van der Waals surface area (Å²) in [6.45, 7) is 5.34. The van der Waals surface area contributed by atoms with Crippen molar-refractivity contribution in [2.24, 2.45) is 0 Å². The fourth-order valence-corrected chi connectivity index (χ4v) is 1.96. The molecule has 0 atom stereocenters. The lowest BCUT2D eigenvalue weighted by Crippen LogP contribution is -2.34. The molecule has 0 spiro atoms. The zero-order valence-corrected chi connectivity index (χ0v) is 12.4. The average molecular weight is 281 g/mol. The van der Waals surface area contributed by atoms with Crippen LogP contribution in [0.25, 0.3) is 0 Å². The van der Waals surface area contributed by atoms with Gasteiger partial charge in [0.15, 0.2) is 11.5 Å². The van der Waals surface area contributed by atoms with E-state index in [1.807, 2.05) is 13.8 Å². The summed E-state index contributed by atoms with van der Waals surface area (Å²) in [5.74, 6) is 1.05. The zero-order valence-electron chi connectivity index (χ0n) is 12.4. The molecule has 0 aliphatic carbocycles. The summed E-state index contributed by atoms with van der Waals surface area (Å²) in [7, 11) is 1.55. The Morgan fingerprint density at radius 2 is 2.00 bits per heavy atom. The summed E-state index contributed by atoms with van der Waals surface area (Å²) < 4.78 is 10.7. The number of amides is 1. The van der Waals surface area contributed by atoms with Gasteiger partial charge < -0.3 is 19.5 Å². The van der Waals surface area contributed by atoms with Crippen LogP contribution in [0, 0.1) is 0 Å². The number of hydrogen-bond donors (Lipinski definition) is 1. The standard InChI is InChI=1S/C15H23NO4/c1-4-8-16(9-10-17)15(18)12-6-7-13(20-5-2)14(11-12)19-3/h6-7,11,17H,4-5,8-10H2,1-3H3. The largest absolute Gasteiger partial charge is 0.493 e. The van der Waals surface area contributed by atoms with E-state index in [2.05, 4.69) is 0 Å². The number of hydrogen-bond acceptors (Lipinski definition) is 4. The predicted molar refractivity (Wildman–Crippen MR) is 77.4 cm³/mol. The molecular formula is C15H23NO4. The van der Waals surface area contributed by atoms with E-state index in [1.165, 1.54) is 0 Å². The van der Waals surface area contributed by atoms with Gasteiger partial charge in [-0.2, -0.15) is 0 Å². The van der Waals surface area contributed by atoms with Crippen molar-refractivity contribution in [3.05, 3.63) is 23.8 Å².